The molecule has 4 aromatic rings. The van der Waals surface area contributed by atoms with Crippen molar-refractivity contribution in [3.63, 3.8) is 0 Å². The third-order valence-corrected chi connectivity index (χ3v) is 5.51. The molecule has 148 valence electrons. The Kier molecular flexibility index (Phi) is 5.77. The van der Waals surface area contributed by atoms with Crippen molar-refractivity contribution >= 4 is 10.9 Å². The highest BCUT2D eigenvalue weighted by Crippen LogP contribution is 2.34. The van der Waals surface area contributed by atoms with Crippen LogP contribution in [0.4, 0.5) is 4.39 Å². The monoisotopic (exact) mass is 386 g/mol. The van der Waals surface area contributed by atoms with Gasteiger partial charge < -0.3 is 9.88 Å². The lowest BCUT2D eigenvalue weighted by Gasteiger charge is -2.13. The van der Waals surface area contributed by atoms with Crippen molar-refractivity contribution < 1.29 is 4.39 Å². The Morgan fingerprint density at radius 2 is 1.55 bits per heavy atom. The van der Waals surface area contributed by atoms with Gasteiger partial charge in [-0.05, 0) is 55.3 Å². The first-order chi connectivity index (χ1) is 14.2. The number of aromatic nitrogens is 1. The molecule has 0 atom stereocenters. The number of halogens is 1. The molecule has 0 fully saturated rings. The number of aryl methyl sites for hydroxylation is 1. The van der Waals surface area contributed by atoms with Crippen LogP contribution in [0.1, 0.15) is 23.6 Å². The van der Waals surface area contributed by atoms with Crippen molar-refractivity contribution in [1.29, 1.82) is 0 Å². The second-order valence-electron chi connectivity index (χ2n) is 7.50. The molecule has 0 aliphatic carbocycles. The van der Waals surface area contributed by atoms with Gasteiger partial charge in [-0.25, -0.2) is 4.39 Å². The molecule has 0 spiro atoms. The Morgan fingerprint density at radius 3 is 2.31 bits per heavy atom. The minimum atomic E-state index is -0.142. The molecule has 4 rings (SSSR count). The quantitative estimate of drug-likeness (QED) is 0.388. The number of likely N-dealkylation sites (N-methyl/N-ethyl adjacent to an activating group) is 1. The van der Waals surface area contributed by atoms with Gasteiger partial charge in [0.1, 0.15) is 0 Å². The van der Waals surface area contributed by atoms with Crippen molar-refractivity contribution in [2.75, 3.05) is 13.1 Å². The zero-order valence-corrected chi connectivity index (χ0v) is 17.1. The zero-order valence-electron chi connectivity index (χ0n) is 17.1. The van der Waals surface area contributed by atoms with Crippen LogP contribution in [0.15, 0.2) is 72.8 Å². The van der Waals surface area contributed by atoms with E-state index in [0.717, 1.165) is 36.2 Å². The molecule has 1 aromatic heterocycles. The van der Waals surface area contributed by atoms with Gasteiger partial charge in [-0.15, -0.1) is 0 Å². The topological polar surface area (TPSA) is 17.0 Å². The SMILES string of the molecule is CCNCCc1ccc(Cn2c(-c3ccccc3C)c(F)c3ccccc32)cc1. The number of para-hydroxylation sites is 1. The van der Waals surface area contributed by atoms with Crippen LogP contribution in [0, 0.1) is 12.7 Å². The predicted molar refractivity (Wildman–Crippen MR) is 120 cm³/mol. The molecule has 3 aromatic carbocycles. The van der Waals surface area contributed by atoms with E-state index < -0.39 is 0 Å². The van der Waals surface area contributed by atoms with E-state index in [1.807, 2.05) is 55.5 Å². The summed E-state index contributed by atoms with van der Waals surface area (Å²) in [6, 6.07) is 24.5. The molecule has 0 aliphatic rings. The van der Waals surface area contributed by atoms with Gasteiger partial charge in [0.2, 0.25) is 0 Å². The van der Waals surface area contributed by atoms with Crippen molar-refractivity contribution in [3.8, 4) is 11.3 Å². The second-order valence-corrected chi connectivity index (χ2v) is 7.50. The van der Waals surface area contributed by atoms with Crippen LogP contribution in [0.25, 0.3) is 22.2 Å². The van der Waals surface area contributed by atoms with Crippen molar-refractivity contribution in [2.45, 2.75) is 26.8 Å². The fourth-order valence-electron chi connectivity index (χ4n) is 3.93. The van der Waals surface area contributed by atoms with E-state index in [1.54, 1.807) is 0 Å². The summed E-state index contributed by atoms with van der Waals surface area (Å²) in [5.74, 6) is -0.142. The van der Waals surface area contributed by atoms with Gasteiger partial charge in [0.05, 0.1) is 11.2 Å². The molecule has 0 saturated heterocycles. The molecule has 0 unspecified atom stereocenters. The highest BCUT2D eigenvalue weighted by atomic mass is 19.1. The Balaban J connectivity index is 1.74. The normalized spacial score (nSPS) is 11.3. The van der Waals surface area contributed by atoms with Crippen LogP contribution in [-0.2, 0) is 13.0 Å². The summed E-state index contributed by atoms with van der Waals surface area (Å²) in [4.78, 5) is 0. The van der Waals surface area contributed by atoms with Crippen LogP contribution in [0.5, 0.6) is 0 Å². The maximum absolute atomic E-state index is 15.5. The molecule has 1 heterocycles. The van der Waals surface area contributed by atoms with E-state index in [-0.39, 0.29) is 5.82 Å². The first-order valence-corrected chi connectivity index (χ1v) is 10.3. The Hall–Kier alpha value is -2.91. The maximum Gasteiger partial charge on any atom is 0.156 e. The summed E-state index contributed by atoms with van der Waals surface area (Å²) >= 11 is 0. The van der Waals surface area contributed by atoms with E-state index in [2.05, 4.69) is 41.1 Å². The van der Waals surface area contributed by atoms with Gasteiger partial charge in [-0.1, -0.05) is 67.6 Å². The summed E-state index contributed by atoms with van der Waals surface area (Å²) in [6.07, 6.45) is 1.02. The average molecular weight is 387 g/mol. The number of hydrogen-bond donors (Lipinski definition) is 1. The summed E-state index contributed by atoms with van der Waals surface area (Å²) in [7, 11) is 0. The highest BCUT2D eigenvalue weighted by Gasteiger charge is 2.19. The second kappa shape index (κ2) is 8.62. The van der Waals surface area contributed by atoms with Crippen LogP contribution < -0.4 is 5.32 Å². The number of nitrogens with one attached hydrogen (secondary N) is 1. The van der Waals surface area contributed by atoms with Crippen molar-refractivity contribution in [2.24, 2.45) is 0 Å². The molecule has 3 heteroatoms. The molecule has 2 nitrogen and oxygen atoms in total. The lowest BCUT2D eigenvalue weighted by atomic mass is 10.0. The molecule has 0 aliphatic heterocycles. The maximum atomic E-state index is 15.5. The van der Waals surface area contributed by atoms with E-state index in [1.165, 1.54) is 11.1 Å². The summed E-state index contributed by atoms with van der Waals surface area (Å²) in [5, 5.41) is 4.03. The predicted octanol–water partition coefficient (Wildman–Crippen LogP) is 5.96. The van der Waals surface area contributed by atoms with E-state index in [0.29, 0.717) is 17.6 Å². The minimum absolute atomic E-state index is 0.142. The summed E-state index contributed by atoms with van der Waals surface area (Å²) < 4.78 is 17.6. The van der Waals surface area contributed by atoms with Gasteiger partial charge in [-0.3, -0.25) is 0 Å². The van der Waals surface area contributed by atoms with Crippen LogP contribution in [0.2, 0.25) is 0 Å². The molecule has 29 heavy (non-hydrogen) atoms. The van der Waals surface area contributed by atoms with E-state index >= 15 is 4.39 Å². The van der Waals surface area contributed by atoms with Crippen LogP contribution in [0.3, 0.4) is 0 Å². The van der Waals surface area contributed by atoms with Crippen molar-refractivity contribution in [3.05, 3.63) is 95.3 Å². The number of nitrogens with zero attached hydrogens (tertiary/aromatic N) is 1. The van der Waals surface area contributed by atoms with Crippen molar-refractivity contribution in [1.82, 2.24) is 9.88 Å². The average Bonchev–Trinajstić information content (AvgIpc) is 3.02. The standard InChI is InChI=1S/C26H27FN2/c1-3-28-17-16-20-12-14-21(15-13-20)18-29-24-11-7-6-10-23(24)25(27)26(29)22-9-5-4-8-19(22)2/h4-15,28H,3,16-18H2,1-2H3. The first kappa shape index (κ1) is 19.4. The largest absolute Gasteiger partial charge is 0.334 e. The van der Waals surface area contributed by atoms with E-state index in [9.17, 15) is 0 Å². The number of fused-ring (bicyclic) bond motifs is 1. The number of rotatable bonds is 7. The fraction of sp³-hybridized carbons (Fsp3) is 0.231. The lowest BCUT2D eigenvalue weighted by Crippen LogP contribution is -2.16. The summed E-state index contributed by atoms with van der Waals surface area (Å²) in [5.41, 5.74) is 6.11. The van der Waals surface area contributed by atoms with Gasteiger partial charge in [0.15, 0.2) is 5.82 Å². The number of hydrogen-bond acceptors (Lipinski definition) is 1. The minimum Gasteiger partial charge on any atom is -0.334 e. The Bertz CT molecular complexity index is 1110. The molecule has 0 amide bonds. The smallest absolute Gasteiger partial charge is 0.156 e. The zero-order chi connectivity index (χ0) is 20.2. The third-order valence-electron chi connectivity index (χ3n) is 5.51. The molecular formula is C26H27FN2. The lowest BCUT2D eigenvalue weighted by molar-refractivity contribution is 0.635. The van der Waals surface area contributed by atoms with Gasteiger partial charge in [0.25, 0.3) is 0 Å². The third kappa shape index (κ3) is 3.96. The molecule has 0 radical (unpaired) electrons. The van der Waals surface area contributed by atoms with Crippen LogP contribution >= 0.6 is 0 Å². The molecule has 1 N–H and O–H groups in total. The Morgan fingerprint density at radius 1 is 0.862 bits per heavy atom. The molecule has 0 bridgehead atoms. The molecular weight excluding hydrogens is 359 g/mol. The van der Waals surface area contributed by atoms with Crippen LogP contribution in [-0.4, -0.2) is 17.7 Å². The fourth-order valence-corrected chi connectivity index (χ4v) is 3.93. The highest BCUT2D eigenvalue weighted by molar-refractivity contribution is 5.88. The molecule has 0 saturated carbocycles. The van der Waals surface area contributed by atoms with Gasteiger partial charge >= 0.3 is 0 Å². The van der Waals surface area contributed by atoms with E-state index in [4.69, 9.17) is 0 Å². The Labute approximate surface area is 172 Å². The van der Waals surface area contributed by atoms with Gasteiger partial charge in [0, 0.05) is 17.5 Å². The first-order valence-electron chi connectivity index (χ1n) is 10.3. The van der Waals surface area contributed by atoms with Gasteiger partial charge in [-0.2, -0.15) is 0 Å². The number of benzene rings is 3. The summed E-state index contributed by atoms with van der Waals surface area (Å²) in [6.45, 7) is 6.78.